The standard InChI is InChI=1S/C23H28Cl2N2O4/c1-4-5-6-9-12-30-22-19(24)13-17(14-20(22)25)31-15-16-10-7-8-11-18(16)21(27-29-3)23(28)26-2/h7-8,10-11,13-14H,4-6,9,12,15H2,1-3H3,(H,26,28). The zero-order valence-corrected chi connectivity index (χ0v) is 19.6. The minimum absolute atomic E-state index is 0.159. The van der Waals surface area contributed by atoms with Gasteiger partial charge in [0.1, 0.15) is 19.5 Å². The van der Waals surface area contributed by atoms with Crippen molar-refractivity contribution in [3.05, 3.63) is 57.6 Å². The zero-order chi connectivity index (χ0) is 22.6. The zero-order valence-electron chi connectivity index (χ0n) is 18.0. The van der Waals surface area contributed by atoms with Crippen LogP contribution in [0.3, 0.4) is 0 Å². The number of amides is 1. The number of nitrogens with one attached hydrogen (secondary N) is 1. The molecule has 0 unspecified atom stereocenters. The number of unbranched alkanes of at least 4 members (excludes halogenated alkanes) is 3. The summed E-state index contributed by atoms with van der Waals surface area (Å²) < 4.78 is 11.7. The molecule has 8 heteroatoms. The summed E-state index contributed by atoms with van der Waals surface area (Å²) in [5.41, 5.74) is 1.52. The molecule has 0 aliphatic heterocycles. The van der Waals surface area contributed by atoms with Gasteiger partial charge in [-0.2, -0.15) is 0 Å². The molecule has 1 N–H and O–H groups in total. The topological polar surface area (TPSA) is 69.1 Å². The van der Waals surface area contributed by atoms with Gasteiger partial charge in [0, 0.05) is 24.7 Å². The quantitative estimate of drug-likeness (QED) is 0.250. The number of carbonyl (C=O) groups excluding carboxylic acids is 1. The summed E-state index contributed by atoms with van der Waals surface area (Å²) in [6.07, 6.45) is 4.40. The Kier molecular flexibility index (Phi) is 10.5. The molecule has 0 aliphatic rings. The van der Waals surface area contributed by atoms with Gasteiger partial charge in [0.2, 0.25) is 0 Å². The molecule has 0 aromatic heterocycles. The maximum Gasteiger partial charge on any atom is 0.273 e. The Balaban J connectivity index is 2.12. The summed E-state index contributed by atoms with van der Waals surface area (Å²) in [5.74, 6) is 0.593. The second-order valence-electron chi connectivity index (χ2n) is 6.77. The summed E-state index contributed by atoms with van der Waals surface area (Å²) in [4.78, 5) is 17.0. The van der Waals surface area contributed by atoms with Crippen LogP contribution in [0.25, 0.3) is 0 Å². The number of halogens is 2. The Morgan fingerprint density at radius 3 is 2.42 bits per heavy atom. The van der Waals surface area contributed by atoms with E-state index in [0.717, 1.165) is 18.4 Å². The summed E-state index contributed by atoms with van der Waals surface area (Å²) in [6, 6.07) is 10.6. The number of rotatable bonds is 12. The predicted molar refractivity (Wildman–Crippen MR) is 124 cm³/mol. The van der Waals surface area contributed by atoms with E-state index in [1.807, 2.05) is 18.2 Å². The molecule has 2 rings (SSSR count). The maximum absolute atomic E-state index is 12.2. The monoisotopic (exact) mass is 466 g/mol. The van der Waals surface area contributed by atoms with E-state index in [-0.39, 0.29) is 18.2 Å². The number of nitrogens with zero attached hydrogens (tertiary/aromatic N) is 1. The minimum Gasteiger partial charge on any atom is -0.490 e. The summed E-state index contributed by atoms with van der Waals surface area (Å²) >= 11 is 12.7. The molecule has 0 atom stereocenters. The van der Waals surface area contributed by atoms with E-state index < -0.39 is 0 Å². The Morgan fingerprint density at radius 2 is 1.77 bits per heavy atom. The third-order valence-corrected chi connectivity index (χ3v) is 5.07. The van der Waals surface area contributed by atoms with Gasteiger partial charge in [0.05, 0.1) is 16.7 Å². The molecule has 2 aromatic carbocycles. The number of ether oxygens (including phenoxy) is 2. The van der Waals surface area contributed by atoms with E-state index in [0.29, 0.717) is 33.7 Å². The van der Waals surface area contributed by atoms with E-state index in [2.05, 4.69) is 17.4 Å². The molecule has 168 valence electrons. The lowest BCUT2D eigenvalue weighted by Gasteiger charge is -2.14. The van der Waals surface area contributed by atoms with Gasteiger partial charge in [0.15, 0.2) is 11.5 Å². The molecule has 0 heterocycles. The van der Waals surface area contributed by atoms with Gasteiger partial charge in [-0.05, 0) is 12.0 Å². The molecule has 0 saturated heterocycles. The lowest BCUT2D eigenvalue weighted by molar-refractivity contribution is -0.114. The Hall–Kier alpha value is -2.44. The van der Waals surface area contributed by atoms with Crippen molar-refractivity contribution in [2.45, 2.75) is 39.2 Å². The van der Waals surface area contributed by atoms with Crippen molar-refractivity contribution < 1.29 is 19.1 Å². The van der Waals surface area contributed by atoms with Crippen LogP contribution in [-0.4, -0.2) is 32.4 Å². The first kappa shape index (κ1) is 24.8. The lowest BCUT2D eigenvalue weighted by atomic mass is 10.0. The normalized spacial score (nSPS) is 11.2. The molecule has 0 saturated carbocycles. The highest BCUT2D eigenvalue weighted by atomic mass is 35.5. The largest absolute Gasteiger partial charge is 0.490 e. The average molecular weight is 467 g/mol. The van der Waals surface area contributed by atoms with Crippen LogP contribution in [0, 0.1) is 0 Å². The summed E-state index contributed by atoms with van der Waals surface area (Å²) in [5, 5.41) is 7.19. The fourth-order valence-corrected chi connectivity index (χ4v) is 3.50. The molecule has 6 nitrogen and oxygen atoms in total. The molecule has 0 bridgehead atoms. The summed E-state index contributed by atoms with van der Waals surface area (Å²) in [7, 11) is 2.92. The molecular weight excluding hydrogens is 439 g/mol. The number of hydrogen-bond acceptors (Lipinski definition) is 5. The number of hydrogen-bond donors (Lipinski definition) is 1. The van der Waals surface area contributed by atoms with E-state index in [9.17, 15) is 4.79 Å². The van der Waals surface area contributed by atoms with Crippen LogP contribution in [0.15, 0.2) is 41.6 Å². The highest BCUT2D eigenvalue weighted by molar-refractivity contribution is 6.45. The number of oxime groups is 1. The van der Waals surface area contributed by atoms with Crippen molar-refractivity contribution in [3.63, 3.8) is 0 Å². The highest BCUT2D eigenvalue weighted by Gasteiger charge is 2.18. The van der Waals surface area contributed by atoms with Crippen molar-refractivity contribution >= 4 is 34.8 Å². The van der Waals surface area contributed by atoms with Crippen LogP contribution in [0.2, 0.25) is 10.0 Å². The van der Waals surface area contributed by atoms with Crippen molar-refractivity contribution in [1.29, 1.82) is 0 Å². The van der Waals surface area contributed by atoms with E-state index in [4.69, 9.17) is 37.5 Å². The molecule has 31 heavy (non-hydrogen) atoms. The highest BCUT2D eigenvalue weighted by Crippen LogP contribution is 2.37. The Labute approximate surface area is 193 Å². The van der Waals surface area contributed by atoms with Crippen molar-refractivity contribution in [2.75, 3.05) is 20.8 Å². The van der Waals surface area contributed by atoms with Crippen LogP contribution in [-0.2, 0) is 16.2 Å². The van der Waals surface area contributed by atoms with E-state index in [1.54, 1.807) is 18.2 Å². The molecule has 0 spiro atoms. The second-order valence-corrected chi connectivity index (χ2v) is 7.59. The Morgan fingerprint density at radius 1 is 1.06 bits per heavy atom. The lowest BCUT2D eigenvalue weighted by Crippen LogP contribution is -2.29. The fraction of sp³-hybridized carbons (Fsp3) is 0.391. The van der Waals surface area contributed by atoms with Crippen molar-refractivity contribution in [1.82, 2.24) is 5.32 Å². The fourth-order valence-electron chi connectivity index (χ4n) is 2.92. The van der Waals surface area contributed by atoms with Crippen LogP contribution < -0.4 is 14.8 Å². The maximum atomic E-state index is 12.2. The predicted octanol–water partition coefficient (Wildman–Crippen LogP) is 5.63. The smallest absolute Gasteiger partial charge is 0.273 e. The first-order valence-corrected chi connectivity index (χ1v) is 10.9. The van der Waals surface area contributed by atoms with Gasteiger partial charge in [-0.15, -0.1) is 0 Å². The third kappa shape index (κ3) is 7.33. The Bertz CT molecular complexity index is 880. The summed E-state index contributed by atoms with van der Waals surface area (Å²) in [6.45, 7) is 2.91. The van der Waals surface area contributed by atoms with Crippen LogP contribution in [0.4, 0.5) is 0 Å². The van der Waals surface area contributed by atoms with Crippen molar-refractivity contribution in [2.24, 2.45) is 5.16 Å². The first-order chi connectivity index (χ1) is 15.0. The number of carbonyl (C=O) groups is 1. The number of likely N-dealkylation sites (N-methyl/N-ethyl adjacent to an activating group) is 1. The third-order valence-electron chi connectivity index (χ3n) is 4.51. The van der Waals surface area contributed by atoms with Gasteiger partial charge in [0.25, 0.3) is 5.91 Å². The molecule has 2 aromatic rings. The SMILES string of the molecule is CCCCCCOc1c(Cl)cc(OCc2ccccc2C(=NOC)C(=O)NC)cc1Cl. The first-order valence-electron chi connectivity index (χ1n) is 10.2. The minimum atomic E-state index is -0.360. The molecule has 1 amide bonds. The van der Waals surface area contributed by atoms with Crippen LogP contribution in [0.1, 0.15) is 43.7 Å². The van der Waals surface area contributed by atoms with Gasteiger partial charge in [-0.1, -0.05) is 78.8 Å². The van der Waals surface area contributed by atoms with Crippen LogP contribution in [0.5, 0.6) is 11.5 Å². The molecule has 0 fully saturated rings. The molecular formula is C23H28Cl2N2O4. The van der Waals surface area contributed by atoms with Gasteiger partial charge in [-0.25, -0.2) is 0 Å². The van der Waals surface area contributed by atoms with Gasteiger partial charge < -0.3 is 19.6 Å². The number of benzene rings is 2. The average Bonchev–Trinajstić information content (AvgIpc) is 2.77. The molecule has 0 radical (unpaired) electrons. The van der Waals surface area contributed by atoms with Gasteiger partial charge in [-0.3, -0.25) is 4.79 Å². The molecule has 0 aliphatic carbocycles. The van der Waals surface area contributed by atoms with Gasteiger partial charge >= 0.3 is 0 Å². The second kappa shape index (κ2) is 13.1. The van der Waals surface area contributed by atoms with E-state index >= 15 is 0 Å². The van der Waals surface area contributed by atoms with Crippen molar-refractivity contribution in [3.8, 4) is 11.5 Å². The van der Waals surface area contributed by atoms with E-state index in [1.165, 1.54) is 27.0 Å². The van der Waals surface area contributed by atoms with Crippen LogP contribution >= 0.6 is 23.2 Å².